The fraction of sp³-hybridized carbons (Fsp3) is 0.522. The summed E-state index contributed by atoms with van der Waals surface area (Å²) in [7, 11) is 1.68. The van der Waals surface area contributed by atoms with Gasteiger partial charge < -0.3 is 15.0 Å². The molecule has 2 aromatic rings. The highest BCUT2D eigenvalue weighted by Gasteiger charge is 2.47. The third-order valence-corrected chi connectivity index (χ3v) is 6.57. The summed E-state index contributed by atoms with van der Waals surface area (Å²) in [5.41, 5.74) is 3.32. The van der Waals surface area contributed by atoms with Gasteiger partial charge in [0.25, 0.3) is 5.92 Å². The van der Waals surface area contributed by atoms with Gasteiger partial charge in [0.15, 0.2) is 0 Å². The molecule has 176 valence electrons. The molecule has 0 aromatic carbocycles. The third kappa shape index (κ3) is 4.12. The molecule has 3 aliphatic rings. The van der Waals surface area contributed by atoms with E-state index in [1.54, 1.807) is 28.9 Å². The van der Waals surface area contributed by atoms with Gasteiger partial charge in [0.2, 0.25) is 5.90 Å². The summed E-state index contributed by atoms with van der Waals surface area (Å²) in [6, 6.07) is 2.49. The summed E-state index contributed by atoms with van der Waals surface area (Å²) in [4.78, 5) is 10.2. The number of alkyl halides is 3. The number of nitrogens with one attached hydrogen (secondary N) is 1. The number of fused-ring (bicyclic) bond motifs is 1. The van der Waals surface area contributed by atoms with Crippen molar-refractivity contribution in [1.29, 1.82) is 0 Å². The van der Waals surface area contributed by atoms with Gasteiger partial charge in [-0.2, -0.15) is 5.10 Å². The number of piperidine rings is 1. The first-order valence-corrected chi connectivity index (χ1v) is 11.2. The monoisotopic (exact) mass is 460 g/mol. The van der Waals surface area contributed by atoms with Crippen molar-refractivity contribution < 1.29 is 17.9 Å². The molecule has 2 aliphatic heterocycles. The zero-order valence-corrected chi connectivity index (χ0v) is 18.6. The van der Waals surface area contributed by atoms with Crippen molar-refractivity contribution in [2.75, 3.05) is 25.0 Å². The molecular formula is C23H27F3N6O. The van der Waals surface area contributed by atoms with Crippen LogP contribution in [-0.2, 0) is 11.3 Å². The van der Waals surface area contributed by atoms with Crippen LogP contribution in [0.3, 0.4) is 0 Å². The molecule has 1 unspecified atom stereocenters. The maximum Gasteiger partial charge on any atom is 0.280 e. The van der Waals surface area contributed by atoms with Crippen LogP contribution in [0.1, 0.15) is 37.4 Å². The number of aromatic nitrogens is 3. The lowest BCUT2D eigenvalue weighted by atomic mass is 9.88. The Balaban J connectivity index is 1.29. The van der Waals surface area contributed by atoms with Crippen LogP contribution >= 0.6 is 0 Å². The molecule has 33 heavy (non-hydrogen) atoms. The number of aliphatic imine (C=N–C) groups is 1. The minimum Gasteiger partial charge on any atom is -0.472 e. The van der Waals surface area contributed by atoms with E-state index in [-0.39, 0.29) is 12.5 Å². The second-order valence-corrected chi connectivity index (χ2v) is 8.80. The maximum absolute atomic E-state index is 14.8. The molecule has 1 saturated heterocycles. The van der Waals surface area contributed by atoms with E-state index in [9.17, 15) is 13.2 Å². The highest BCUT2D eigenvalue weighted by molar-refractivity contribution is 6.20. The molecular weight excluding hydrogens is 433 g/mol. The number of ether oxygens (including phenoxy) is 1. The number of hydrogen-bond acceptors (Lipinski definition) is 6. The fourth-order valence-electron chi connectivity index (χ4n) is 4.66. The van der Waals surface area contributed by atoms with Crippen molar-refractivity contribution in [1.82, 2.24) is 20.1 Å². The van der Waals surface area contributed by atoms with Crippen molar-refractivity contribution in [2.24, 2.45) is 4.99 Å². The van der Waals surface area contributed by atoms with Gasteiger partial charge >= 0.3 is 0 Å². The largest absolute Gasteiger partial charge is 0.472 e. The van der Waals surface area contributed by atoms with Crippen LogP contribution in [0.2, 0.25) is 0 Å². The second-order valence-electron chi connectivity index (χ2n) is 8.80. The molecule has 1 saturated carbocycles. The standard InChI is InChI=1S/C23H27F3N6O/c1-3-18-21-14(12-33-22(18)27-2)11-32(30-21)17-4-5-20(28-10-17)31-7-6-19(23(25,26)13-31)29-16-8-15(24)9-16/h3-5,10-11,15-16,19,29H,6-9,12-13H2,1-2H3/b18-3-,27-22?. The number of halogens is 3. The van der Waals surface area contributed by atoms with E-state index in [1.807, 2.05) is 25.3 Å². The van der Waals surface area contributed by atoms with Crippen LogP contribution in [-0.4, -0.2) is 65.0 Å². The molecule has 10 heteroatoms. The number of rotatable bonds is 4. The average molecular weight is 461 g/mol. The van der Waals surface area contributed by atoms with Crippen LogP contribution in [0.5, 0.6) is 0 Å². The fourth-order valence-corrected chi connectivity index (χ4v) is 4.66. The highest BCUT2D eigenvalue weighted by Crippen LogP contribution is 2.33. The Kier molecular flexibility index (Phi) is 5.64. The first-order chi connectivity index (χ1) is 15.9. The van der Waals surface area contributed by atoms with Crippen molar-refractivity contribution in [3.05, 3.63) is 41.9 Å². The Morgan fingerprint density at radius 3 is 2.76 bits per heavy atom. The Bertz CT molecular complexity index is 1070. The van der Waals surface area contributed by atoms with Gasteiger partial charge in [0, 0.05) is 31.4 Å². The van der Waals surface area contributed by atoms with E-state index in [2.05, 4.69) is 20.4 Å². The summed E-state index contributed by atoms with van der Waals surface area (Å²) >= 11 is 0. The highest BCUT2D eigenvalue weighted by atomic mass is 19.3. The van der Waals surface area contributed by atoms with Crippen molar-refractivity contribution >= 4 is 17.3 Å². The maximum atomic E-state index is 14.8. The molecule has 5 rings (SSSR count). The predicted octanol–water partition coefficient (Wildman–Crippen LogP) is 3.53. The molecule has 0 amide bonds. The molecule has 1 N–H and O–H groups in total. The molecule has 2 fully saturated rings. The molecule has 1 atom stereocenters. The second kappa shape index (κ2) is 8.48. The zero-order chi connectivity index (χ0) is 23.2. The Morgan fingerprint density at radius 1 is 1.30 bits per heavy atom. The Morgan fingerprint density at radius 2 is 2.12 bits per heavy atom. The molecule has 0 bridgehead atoms. The van der Waals surface area contributed by atoms with Gasteiger partial charge in [0.1, 0.15) is 24.3 Å². The number of allylic oxidation sites excluding steroid dienone is 1. The lowest BCUT2D eigenvalue weighted by Gasteiger charge is -2.42. The molecule has 2 aromatic heterocycles. The summed E-state index contributed by atoms with van der Waals surface area (Å²) < 4.78 is 50.0. The van der Waals surface area contributed by atoms with Crippen LogP contribution in [0.15, 0.2) is 35.6 Å². The topological polar surface area (TPSA) is 67.6 Å². The normalized spacial score (nSPS) is 29.0. The number of pyridine rings is 1. The SMILES string of the molecule is C/C=C1\C(=NC)OCc2cn(-c3ccc(N4CCC(NC5CC(F)C5)C(F)(F)C4)nc3)nc21. The quantitative estimate of drug-likeness (QED) is 0.756. The number of anilines is 1. The Hall–Kier alpha value is -2.88. The first kappa shape index (κ1) is 21.9. The molecule has 0 spiro atoms. The van der Waals surface area contributed by atoms with Gasteiger partial charge in [-0.25, -0.2) is 22.8 Å². The lowest BCUT2D eigenvalue weighted by Crippen LogP contribution is -2.61. The summed E-state index contributed by atoms with van der Waals surface area (Å²) in [6.07, 6.45) is 5.50. The lowest BCUT2D eigenvalue weighted by molar-refractivity contribution is -0.0525. The van der Waals surface area contributed by atoms with Crippen LogP contribution in [0, 0.1) is 0 Å². The molecule has 7 nitrogen and oxygen atoms in total. The van der Waals surface area contributed by atoms with Crippen molar-refractivity contribution in [3.63, 3.8) is 0 Å². The number of nitrogens with zero attached hydrogens (tertiary/aromatic N) is 5. The van der Waals surface area contributed by atoms with E-state index in [0.29, 0.717) is 37.7 Å². The van der Waals surface area contributed by atoms with Gasteiger partial charge in [0.05, 0.1) is 30.0 Å². The van der Waals surface area contributed by atoms with Crippen molar-refractivity contribution in [2.45, 2.75) is 57.0 Å². The van der Waals surface area contributed by atoms with Gasteiger partial charge in [-0.3, -0.25) is 4.99 Å². The van der Waals surface area contributed by atoms with Crippen LogP contribution < -0.4 is 10.2 Å². The van der Waals surface area contributed by atoms with Crippen molar-refractivity contribution in [3.8, 4) is 5.69 Å². The van der Waals surface area contributed by atoms with Gasteiger partial charge in [-0.15, -0.1) is 0 Å². The summed E-state index contributed by atoms with van der Waals surface area (Å²) in [5, 5.41) is 7.62. The van der Waals surface area contributed by atoms with Crippen LogP contribution in [0.4, 0.5) is 19.0 Å². The Labute approximate surface area is 190 Å². The predicted molar refractivity (Wildman–Crippen MR) is 120 cm³/mol. The molecule has 1 aliphatic carbocycles. The average Bonchev–Trinajstić information content (AvgIpc) is 3.22. The zero-order valence-electron chi connectivity index (χ0n) is 18.6. The van der Waals surface area contributed by atoms with Gasteiger partial charge in [-0.1, -0.05) is 6.08 Å². The minimum absolute atomic E-state index is 0.145. The smallest absolute Gasteiger partial charge is 0.280 e. The molecule has 4 heterocycles. The molecule has 0 radical (unpaired) electrons. The van der Waals surface area contributed by atoms with Crippen LogP contribution in [0.25, 0.3) is 11.3 Å². The third-order valence-electron chi connectivity index (χ3n) is 6.57. The van der Waals surface area contributed by atoms with E-state index < -0.39 is 24.7 Å². The number of hydrogen-bond donors (Lipinski definition) is 1. The van der Waals surface area contributed by atoms with E-state index in [1.165, 1.54) is 0 Å². The summed E-state index contributed by atoms with van der Waals surface area (Å²) in [6.45, 7) is 2.34. The minimum atomic E-state index is -2.91. The van der Waals surface area contributed by atoms with E-state index in [4.69, 9.17) is 4.74 Å². The first-order valence-electron chi connectivity index (χ1n) is 11.2. The summed E-state index contributed by atoms with van der Waals surface area (Å²) in [5.74, 6) is -1.86. The van der Waals surface area contributed by atoms with Gasteiger partial charge in [-0.05, 0) is 38.3 Å². The van der Waals surface area contributed by atoms with E-state index in [0.717, 1.165) is 22.5 Å². The van der Waals surface area contributed by atoms with E-state index >= 15 is 0 Å².